The quantitative estimate of drug-likeness (QED) is 0.256. The summed E-state index contributed by atoms with van der Waals surface area (Å²) < 4.78 is 12.8. The minimum absolute atomic E-state index is 0.0657. The second kappa shape index (κ2) is 13.7. The Hall–Kier alpha value is -2.62. The predicted octanol–water partition coefficient (Wildman–Crippen LogP) is 10.8. The summed E-state index contributed by atoms with van der Waals surface area (Å²) in [6.45, 7) is 16.4. The molecule has 4 fully saturated rings. The molecule has 9 unspecified atom stereocenters. The van der Waals surface area contributed by atoms with Crippen molar-refractivity contribution in [2.45, 2.75) is 131 Å². The van der Waals surface area contributed by atoms with Gasteiger partial charge in [-0.2, -0.15) is 0 Å². The molecule has 0 N–H and O–H groups in total. The van der Waals surface area contributed by atoms with Gasteiger partial charge in [-0.15, -0.1) is 0 Å². The van der Waals surface area contributed by atoms with E-state index in [2.05, 4.69) is 34.6 Å². The van der Waals surface area contributed by atoms with Crippen LogP contribution >= 0.6 is 0 Å². The lowest BCUT2D eigenvalue weighted by Gasteiger charge is -2.62. The standard InChI is InChI=1S/C43H60O4/c1-27(2)9-8-10-30(5)35-19-20-36-34-26-39(47-41(45)32-17-13-29(4)14-18-32)38-25-33(46-40(44)31-15-11-28(3)12-16-31)21-23-43(38,7)37(34)22-24-42(35,36)6/h11-18,27,30,33-39H,8-10,19-26H2,1-7H3/t30?,33?,34?,35?,36?,37?,38?,39-,42?,43?/m1/s1. The van der Waals surface area contributed by atoms with Gasteiger partial charge in [-0.05, 0) is 136 Å². The zero-order valence-corrected chi connectivity index (χ0v) is 30.2. The zero-order valence-electron chi connectivity index (χ0n) is 30.2. The van der Waals surface area contributed by atoms with Crippen molar-refractivity contribution in [1.82, 2.24) is 0 Å². The van der Waals surface area contributed by atoms with Gasteiger partial charge in [0.2, 0.25) is 0 Å². The molecule has 2 aromatic carbocycles. The zero-order chi connectivity index (χ0) is 33.5. The van der Waals surface area contributed by atoms with Crippen molar-refractivity contribution in [1.29, 1.82) is 0 Å². The Kier molecular flexibility index (Phi) is 9.99. The highest BCUT2D eigenvalue weighted by molar-refractivity contribution is 5.90. The molecule has 4 aliphatic carbocycles. The lowest BCUT2D eigenvalue weighted by Crippen LogP contribution is -2.59. The van der Waals surface area contributed by atoms with E-state index in [1.807, 2.05) is 62.4 Å². The first-order chi connectivity index (χ1) is 22.4. The summed E-state index contributed by atoms with van der Waals surface area (Å²) in [5.41, 5.74) is 3.93. The van der Waals surface area contributed by atoms with Gasteiger partial charge in [0.15, 0.2) is 0 Å². The first kappa shape index (κ1) is 34.3. The van der Waals surface area contributed by atoms with E-state index in [1.54, 1.807) is 0 Å². The van der Waals surface area contributed by atoms with Crippen LogP contribution in [0.25, 0.3) is 0 Å². The Morgan fingerprint density at radius 3 is 1.89 bits per heavy atom. The molecule has 0 heterocycles. The Labute approximate surface area is 284 Å². The number of aryl methyl sites for hydroxylation is 2. The van der Waals surface area contributed by atoms with Crippen LogP contribution in [0.5, 0.6) is 0 Å². The number of benzene rings is 2. The molecule has 0 saturated heterocycles. The molecule has 0 aromatic heterocycles. The first-order valence-electron chi connectivity index (χ1n) is 18.9. The number of rotatable bonds is 9. The van der Waals surface area contributed by atoms with E-state index in [9.17, 15) is 9.59 Å². The van der Waals surface area contributed by atoms with E-state index in [-0.39, 0.29) is 35.5 Å². The second-order valence-electron chi connectivity index (χ2n) is 17.2. The van der Waals surface area contributed by atoms with Crippen molar-refractivity contribution < 1.29 is 19.1 Å². The van der Waals surface area contributed by atoms with Crippen molar-refractivity contribution in [3.05, 3.63) is 70.8 Å². The van der Waals surface area contributed by atoms with Crippen LogP contribution in [0.15, 0.2) is 48.5 Å². The molecule has 47 heavy (non-hydrogen) atoms. The summed E-state index contributed by atoms with van der Waals surface area (Å²) in [5, 5.41) is 0. The van der Waals surface area contributed by atoms with Gasteiger partial charge in [0.25, 0.3) is 0 Å². The SMILES string of the molecule is Cc1ccc(C(=O)OC2CCC3(C)C4CCC5(C)C(C(C)CCCC(C)C)CCC5C4C[C@@H](OC(=O)c4ccc(C)cc4)C3C2)cc1. The predicted molar refractivity (Wildman–Crippen MR) is 189 cm³/mol. The van der Waals surface area contributed by atoms with Crippen LogP contribution in [-0.4, -0.2) is 24.1 Å². The minimum atomic E-state index is -0.242. The van der Waals surface area contributed by atoms with Crippen LogP contribution < -0.4 is 0 Å². The third-order valence-electron chi connectivity index (χ3n) is 13.9. The lowest BCUT2D eigenvalue weighted by atomic mass is 9.43. The van der Waals surface area contributed by atoms with Gasteiger partial charge in [-0.3, -0.25) is 0 Å². The van der Waals surface area contributed by atoms with E-state index in [0.29, 0.717) is 34.3 Å². The Morgan fingerprint density at radius 2 is 1.28 bits per heavy atom. The molecule has 0 spiro atoms. The van der Waals surface area contributed by atoms with Crippen molar-refractivity contribution in [3.8, 4) is 0 Å². The number of carbonyl (C=O) groups excluding carboxylic acids is 2. The second-order valence-corrected chi connectivity index (χ2v) is 17.2. The van der Waals surface area contributed by atoms with Crippen molar-refractivity contribution in [2.75, 3.05) is 0 Å². The van der Waals surface area contributed by atoms with Gasteiger partial charge in [-0.1, -0.05) is 89.3 Å². The molecule has 4 aliphatic rings. The van der Waals surface area contributed by atoms with Crippen LogP contribution in [0.1, 0.15) is 137 Å². The first-order valence-corrected chi connectivity index (χ1v) is 18.9. The van der Waals surface area contributed by atoms with E-state index in [4.69, 9.17) is 9.47 Å². The van der Waals surface area contributed by atoms with Crippen LogP contribution in [0, 0.1) is 66.1 Å². The van der Waals surface area contributed by atoms with Crippen LogP contribution in [-0.2, 0) is 9.47 Å². The van der Waals surface area contributed by atoms with Crippen molar-refractivity contribution in [3.63, 3.8) is 0 Å². The molecule has 0 amide bonds. The number of fused-ring (bicyclic) bond motifs is 5. The maximum Gasteiger partial charge on any atom is 0.338 e. The highest BCUT2D eigenvalue weighted by Gasteiger charge is 2.63. The molecule has 0 bridgehead atoms. The van der Waals surface area contributed by atoms with Gasteiger partial charge in [0.1, 0.15) is 12.2 Å². The molecule has 0 radical (unpaired) electrons. The maximum absolute atomic E-state index is 13.7. The van der Waals surface area contributed by atoms with Crippen molar-refractivity contribution >= 4 is 11.9 Å². The van der Waals surface area contributed by atoms with Crippen LogP contribution in [0.3, 0.4) is 0 Å². The average molecular weight is 641 g/mol. The molecule has 10 atom stereocenters. The molecule has 4 nitrogen and oxygen atoms in total. The fourth-order valence-corrected chi connectivity index (χ4v) is 11.3. The molecule has 256 valence electrons. The highest BCUT2D eigenvalue weighted by Crippen LogP contribution is 2.69. The molecule has 6 rings (SSSR count). The Balaban J connectivity index is 1.24. The Morgan fingerprint density at radius 1 is 0.702 bits per heavy atom. The topological polar surface area (TPSA) is 52.6 Å². The third kappa shape index (κ3) is 6.82. The minimum Gasteiger partial charge on any atom is -0.459 e. The smallest absolute Gasteiger partial charge is 0.338 e. The summed E-state index contributed by atoms with van der Waals surface area (Å²) in [6.07, 6.45) is 12.5. The van der Waals surface area contributed by atoms with E-state index in [0.717, 1.165) is 54.6 Å². The number of ether oxygens (including phenoxy) is 2. The fourth-order valence-electron chi connectivity index (χ4n) is 11.3. The lowest BCUT2D eigenvalue weighted by molar-refractivity contribution is -0.174. The fraction of sp³-hybridized carbons (Fsp3) is 0.674. The van der Waals surface area contributed by atoms with Gasteiger partial charge in [0.05, 0.1) is 11.1 Å². The number of hydrogen-bond acceptors (Lipinski definition) is 4. The molecule has 4 heteroatoms. The molecule has 4 saturated carbocycles. The monoisotopic (exact) mass is 640 g/mol. The maximum atomic E-state index is 13.7. The van der Waals surface area contributed by atoms with Crippen LogP contribution in [0.4, 0.5) is 0 Å². The number of hydrogen-bond donors (Lipinski definition) is 0. The Bertz CT molecular complexity index is 1390. The molecule has 2 aromatic rings. The van der Waals surface area contributed by atoms with Gasteiger partial charge >= 0.3 is 11.9 Å². The normalized spacial score (nSPS) is 35.4. The summed E-state index contributed by atoms with van der Waals surface area (Å²) in [5.74, 6) is 3.95. The highest BCUT2D eigenvalue weighted by atomic mass is 16.6. The summed E-state index contributed by atoms with van der Waals surface area (Å²) in [6, 6.07) is 15.4. The van der Waals surface area contributed by atoms with Crippen molar-refractivity contribution in [2.24, 2.45) is 52.3 Å². The summed E-state index contributed by atoms with van der Waals surface area (Å²) in [7, 11) is 0. The largest absolute Gasteiger partial charge is 0.459 e. The third-order valence-corrected chi connectivity index (χ3v) is 13.9. The van der Waals surface area contributed by atoms with Gasteiger partial charge in [-0.25, -0.2) is 9.59 Å². The average Bonchev–Trinajstić information content (AvgIpc) is 3.39. The molecular formula is C43H60O4. The molecular weight excluding hydrogens is 580 g/mol. The van der Waals surface area contributed by atoms with Crippen LogP contribution in [0.2, 0.25) is 0 Å². The van der Waals surface area contributed by atoms with E-state index < -0.39 is 0 Å². The number of esters is 2. The van der Waals surface area contributed by atoms with Gasteiger partial charge in [0, 0.05) is 5.92 Å². The van der Waals surface area contributed by atoms with Gasteiger partial charge < -0.3 is 9.47 Å². The molecule has 0 aliphatic heterocycles. The number of carbonyl (C=O) groups is 2. The van der Waals surface area contributed by atoms with E-state index >= 15 is 0 Å². The van der Waals surface area contributed by atoms with E-state index in [1.165, 1.54) is 44.9 Å². The summed E-state index contributed by atoms with van der Waals surface area (Å²) in [4.78, 5) is 26.9. The summed E-state index contributed by atoms with van der Waals surface area (Å²) >= 11 is 0.